The van der Waals surface area contributed by atoms with Crippen LogP contribution in [-0.2, 0) is 15.9 Å². The predicted molar refractivity (Wildman–Crippen MR) is 132 cm³/mol. The van der Waals surface area contributed by atoms with E-state index in [1.54, 1.807) is 6.26 Å². The Morgan fingerprint density at radius 2 is 2.20 bits per heavy atom. The van der Waals surface area contributed by atoms with Crippen molar-refractivity contribution in [1.82, 2.24) is 15.5 Å². The Kier molecular flexibility index (Phi) is 10.1. The number of thioether (sulfide) groups is 1. The van der Waals surface area contributed by atoms with E-state index in [1.807, 2.05) is 23.9 Å². The first-order chi connectivity index (χ1) is 14.3. The third-order valence-electron chi connectivity index (χ3n) is 5.93. The Morgan fingerprint density at radius 1 is 1.30 bits per heavy atom. The van der Waals surface area contributed by atoms with E-state index in [1.165, 1.54) is 12.2 Å². The maximum absolute atomic E-state index is 6.18. The molecule has 0 bridgehead atoms. The molecule has 7 nitrogen and oxygen atoms in total. The Hall–Kier alpha value is -0.490. The van der Waals surface area contributed by atoms with Crippen LogP contribution in [0.15, 0.2) is 27.8 Å². The molecule has 30 heavy (non-hydrogen) atoms. The van der Waals surface area contributed by atoms with Crippen LogP contribution in [-0.4, -0.2) is 86.6 Å². The highest BCUT2D eigenvalue weighted by Gasteiger charge is 2.40. The minimum atomic E-state index is 0. The van der Waals surface area contributed by atoms with E-state index < -0.39 is 0 Å². The van der Waals surface area contributed by atoms with Crippen LogP contribution in [0, 0.1) is 0 Å². The van der Waals surface area contributed by atoms with Gasteiger partial charge in [0.2, 0.25) is 0 Å². The molecule has 1 aromatic heterocycles. The van der Waals surface area contributed by atoms with Crippen molar-refractivity contribution in [1.29, 1.82) is 0 Å². The van der Waals surface area contributed by atoms with Gasteiger partial charge in [-0.25, -0.2) is 0 Å². The monoisotopic (exact) mass is 550 g/mol. The largest absolute Gasteiger partial charge is 0.469 e. The highest BCUT2D eigenvalue weighted by Crippen LogP contribution is 2.38. The van der Waals surface area contributed by atoms with E-state index in [9.17, 15) is 0 Å². The minimum absolute atomic E-state index is 0. The van der Waals surface area contributed by atoms with Gasteiger partial charge in [-0.15, -0.1) is 24.0 Å². The summed E-state index contributed by atoms with van der Waals surface area (Å²) in [5, 5.41) is 7.21. The number of nitrogens with one attached hydrogen (secondary N) is 2. The predicted octanol–water partition coefficient (Wildman–Crippen LogP) is 2.36. The van der Waals surface area contributed by atoms with Crippen LogP contribution in [0.4, 0.5) is 0 Å². The fourth-order valence-electron chi connectivity index (χ4n) is 4.25. The summed E-state index contributed by atoms with van der Waals surface area (Å²) in [5.41, 5.74) is 0.0770. The fraction of sp³-hybridized carbons (Fsp3) is 0.762. The quantitative estimate of drug-likeness (QED) is 0.307. The van der Waals surface area contributed by atoms with Crippen LogP contribution in [0.25, 0.3) is 0 Å². The van der Waals surface area contributed by atoms with Gasteiger partial charge >= 0.3 is 0 Å². The van der Waals surface area contributed by atoms with Gasteiger partial charge in [0.1, 0.15) is 5.76 Å². The van der Waals surface area contributed by atoms with Gasteiger partial charge < -0.3 is 24.5 Å². The van der Waals surface area contributed by atoms with Crippen LogP contribution in [0.3, 0.4) is 0 Å². The average molecular weight is 551 g/mol. The lowest BCUT2D eigenvalue weighted by molar-refractivity contribution is -0.0679. The zero-order valence-corrected chi connectivity index (χ0v) is 20.8. The van der Waals surface area contributed by atoms with Crippen molar-refractivity contribution in [2.75, 3.05) is 64.1 Å². The van der Waals surface area contributed by atoms with E-state index in [-0.39, 0.29) is 29.6 Å². The average Bonchev–Trinajstić information content (AvgIpc) is 3.41. The zero-order chi connectivity index (χ0) is 19.8. The first-order valence-corrected chi connectivity index (χ1v) is 12.1. The summed E-state index contributed by atoms with van der Waals surface area (Å²) in [5.74, 6) is 4.26. The number of ether oxygens (including phenoxy) is 2. The smallest absolute Gasteiger partial charge is 0.191 e. The molecule has 9 heteroatoms. The van der Waals surface area contributed by atoms with E-state index in [2.05, 4.69) is 15.5 Å². The molecular weight excluding hydrogens is 515 g/mol. The van der Waals surface area contributed by atoms with Gasteiger partial charge in [0.05, 0.1) is 31.6 Å². The molecule has 2 unspecified atom stereocenters. The standard InChI is InChI=1S/C21H34N4O3S.HI/c1-2-19(27-11-1)3-6-22-20(23-7-8-25-9-13-26-14-10-25)24-18-4-12-28-21(16-18)5-15-29-17-21;/h1-2,11,18H,3-10,12-17H2,(H2,22,23,24);1H. The van der Waals surface area contributed by atoms with Crippen molar-refractivity contribution in [3.63, 3.8) is 0 Å². The van der Waals surface area contributed by atoms with Crippen molar-refractivity contribution in [3.8, 4) is 0 Å². The Morgan fingerprint density at radius 3 is 2.97 bits per heavy atom. The van der Waals surface area contributed by atoms with E-state index in [0.29, 0.717) is 6.04 Å². The third kappa shape index (κ3) is 7.29. The van der Waals surface area contributed by atoms with Gasteiger partial charge in [-0.1, -0.05) is 0 Å². The Labute approximate surface area is 201 Å². The van der Waals surface area contributed by atoms with E-state index >= 15 is 0 Å². The molecule has 3 aliphatic rings. The molecule has 4 rings (SSSR count). The molecule has 3 saturated heterocycles. The van der Waals surface area contributed by atoms with Gasteiger partial charge in [0.25, 0.3) is 0 Å². The molecule has 170 valence electrons. The minimum Gasteiger partial charge on any atom is -0.469 e. The Balaban J connectivity index is 0.00000256. The van der Waals surface area contributed by atoms with Crippen molar-refractivity contribution >= 4 is 41.7 Å². The second kappa shape index (κ2) is 12.5. The molecule has 2 N–H and O–H groups in total. The SMILES string of the molecule is I.c1coc(CCNC(=NCCN2CCOCC2)NC2CCOC3(CCSC3)C2)c1. The first-order valence-electron chi connectivity index (χ1n) is 10.9. The summed E-state index contributed by atoms with van der Waals surface area (Å²) < 4.78 is 17.1. The van der Waals surface area contributed by atoms with Crippen LogP contribution in [0.5, 0.6) is 0 Å². The number of aliphatic imine (C=N–C) groups is 1. The van der Waals surface area contributed by atoms with E-state index in [0.717, 1.165) is 89.3 Å². The summed E-state index contributed by atoms with van der Waals surface area (Å²) in [6.07, 6.45) is 5.86. The Bertz CT molecular complexity index is 634. The van der Waals surface area contributed by atoms with Crippen molar-refractivity contribution in [2.24, 2.45) is 4.99 Å². The molecule has 3 fully saturated rings. The number of halogens is 1. The molecule has 2 atom stereocenters. The molecule has 0 aliphatic carbocycles. The molecular formula is C21H35IN4O3S. The topological polar surface area (TPSA) is 71.3 Å². The van der Waals surface area contributed by atoms with Gasteiger partial charge in [-0.3, -0.25) is 9.89 Å². The number of hydrogen-bond donors (Lipinski definition) is 2. The maximum Gasteiger partial charge on any atom is 0.191 e. The lowest BCUT2D eigenvalue weighted by Gasteiger charge is -2.38. The third-order valence-corrected chi connectivity index (χ3v) is 7.16. The molecule has 1 spiro atoms. The number of guanidine groups is 1. The highest BCUT2D eigenvalue weighted by atomic mass is 127. The second-order valence-corrected chi connectivity index (χ2v) is 9.21. The number of rotatable bonds is 7. The van der Waals surface area contributed by atoms with Gasteiger partial charge in [-0.2, -0.15) is 11.8 Å². The summed E-state index contributed by atoms with van der Waals surface area (Å²) in [4.78, 5) is 7.30. The van der Waals surface area contributed by atoms with Gasteiger partial charge in [0.15, 0.2) is 5.96 Å². The normalized spacial score (nSPS) is 27.7. The summed E-state index contributed by atoms with van der Waals surface area (Å²) in [7, 11) is 0. The lowest BCUT2D eigenvalue weighted by atomic mass is 9.90. The van der Waals surface area contributed by atoms with Gasteiger partial charge in [0, 0.05) is 51.0 Å². The van der Waals surface area contributed by atoms with Crippen LogP contribution < -0.4 is 10.6 Å². The van der Waals surface area contributed by atoms with Crippen molar-refractivity contribution in [2.45, 2.75) is 37.3 Å². The number of morpholine rings is 1. The second-order valence-electron chi connectivity index (χ2n) is 8.11. The fourth-order valence-corrected chi connectivity index (χ4v) is 5.63. The summed E-state index contributed by atoms with van der Waals surface area (Å²) >= 11 is 2.02. The molecule has 0 radical (unpaired) electrons. The lowest BCUT2D eigenvalue weighted by Crippen LogP contribution is -2.52. The molecule has 0 saturated carbocycles. The molecule has 3 aliphatic heterocycles. The number of furan rings is 1. The van der Waals surface area contributed by atoms with Crippen LogP contribution >= 0.6 is 35.7 Å². The summed E-state index contributed by atoms with van der Waals surface area (Å²) in [6.45, 7) is 7.08. The number of hydrogen-bond acceptors (Lipinski definition) is 6. The van der Waals surface area contributed by atoms with Crippen LogP contribution in [0.1, 0.15) is 25.0 Å². The number of nitrogens with zero attached hydrogens (tertiary/aromatic N) is 2. The molecule has 0 aromatic carbocycles. The van der Waals surface area contributed by atoms with Crippen molar-refractivity contribution in [3.05, 3.63) is 24.2 Å². The zero-order valence-electron chi connectivity index (χ0n) is 17.6. The van der Waals surface area contributed by atoms with Crippen LogP contribution in [0.2, 0.25) is 0 Å². The van der Waals surface area contributed by atoms with Gasteiger partial charge in [-0.05, 0) is 37.1 Å². The van der Waals surface area contributed by atoms with Crippen molar-refractivity contribution < 1.29 is 13.9 Å². The molecule has 0 amide bonds. The van der Waals surface area contributed by atoms with E-state index in [4.69, 9.17) is 18.9 Å². The highest BCUT2D eigenvalue weighted by molar-refractivity contribution is 14.0. The molecule has 1 aromatic rings. The molecule has 4 heterocycles. The summed E-state index contributed by atoms with van der Waals surface area (Å²) in [6, 6.07) is 4.37. The maximum atomic E-state index is 6.18. The first kappa shape index (κ1) is 24.2.